The number of aromatic nitrogens is 3. The number of fused-ring (bicyclic) bond motifs is 3. The highest BCUT2D eigenvalue weighted by atomic mass is 16.1. The highest BCUT2D eigenvalue weighted by Gasteiger charge is 2.22. The molecule has 2 heterocycles. The topological polar surface area (TPSA) is 62.7 Å². The van der Waals surface area contributed by atoms with Crippen molar-refractivity contribution in [2.75, 3.05) is 0 Å². The van der Waals surface area contributed by atoms with Crippen LogP contribution in [-0.4, -0.2) is 20.8 Å². The highest BCUT2D eigenvalue weighted by Crippen LogP contribution is 2.33. The van der Waals surface area contributed by atoms with E-state index in [1.807, 2.05) is 11.7 Å². The van der Waals surface area contributed by atoms with Crippen molar-refractivity contribution in [3.05, 3.63) is 51.3 Å². The largest absolute Gasteiger partial charge is 0.310 e. The number of H-pyrrole nitrogens is 1. The molecule has 0 atom stereocenters. The number of nitrogens with one attached hydrogen (secondary N) is 2. The van der Waals surface area contributed by atoms with Gasteiger partial charge in [0.25, 0.3) is 5.56 Å². The summed E-state index contributed by atoms with van der Waals surface area (Å²) >= 11 is 0. The lowest BCUT2D eigenvalue weighted by Crippen LogP contribution is -2.30. The van der Waals surface area contributed by atoms with Crippen molar-refractivity contribution >= 4 is 11.0 Å². The summed E-state index contributed by atoms with van der Waals surface area (Å²) < 4.78 is 1.82. The van der Waals surface area contributed by atoms with E-state index >= 15 is 0 Å². The first-order valence-corrected chi connectivity index (χ1v) is 11.1. The second kappa shape index (κ2) is 7.79. The maximum Gasteiger partial charge on any atom is 0.253 e. The van der Waals surface area contributed by atoms with Crippen LogP contribution in [-0.2, 0) is 26.4 Å². The summed E-state index contributed by atoms with van der Waals surface area (Å²) in [6.07, 6.45) is 10.8. The Labute approximate surface area is 171 Å². The van der Waals surface area contributed by atoms with E-state index < -0.39 is 0 Å². The van der Waals surface area contributed by atoms with Gasteiger partial charge < -0.3 is 10.3 Å². The Morgan fingerprint density at radius 2 is 1.76 bits per heavy atom. The molecule has 5 heteroatoms. The van der Waals surface area contributed by atoms with Crippen molar-refractivity contribution in [2.45, 2.75) is 70.4 Å². The van der Waals surface area contributed by atoms with Crippen LogP contribution in [0.2, 0.25) is 0 Å². The number of pyridine rings is 1. The zero-order chi connectivity index (χ0) is 19.8. The molecule has 29 heavy (non-hydrogen) atoms. The average Bonchev–Trinajstić information content (AvgIpc) is 3.10. The van der Waals surface area contributed by atoms with Gasteiger partial charge in [-0.15, -0.1) is 0 Å². The molecule has 2 aromatic heterocycles. The van der Waals surface area contributed by atoms with Crippen molar-refractivity contribution < 1.29 is 0 Å². The minimum absolute atomic E-state index is 0.0610. The molecule has 0 spiro atoms. The van der Waals surface area contributed by atoms with Gasteiger partial charge in [0.2, 0.25) is 0 Å². The molecule has 2 aliphatic carbocycles. The molecule has 0 saturated heterocycles. The Morgan fingerprint density at radius 3 is 2.52 bits per heavy atom. The van der Waals surface area contributed by atoms with Crippen molar-refractivity contribution in [3.63, 3.8) is 0 Å². The third-order valence-electron chi connectivity index (χ3n) is 6.75. The zero-order valence-corrected chi connectivity index (χ0v) is 17.3. The van der Waals surface area contributed by atoms with Crippen molar-refractivity contribution in [1.29, 1.82) is 0 Å². The smallest absolute Gasteiger partial charge is 0.253 e. The van der Waals surface area contributed by atoms with Gasteiger partial charge in [-0.3, -0.25) is 9.48 Å². The Morgan fingerprint density at radius 1 is 1.03 bits per heavy atom. The fourth-order valence-corrected chi connectivity index (χ4v) is 5.12. The molecular formula is C24H30N4O. The third-order valence-corrected chi connectivity index (χ3v) is 6.75. The molecule has 1 fully saturated rings. The van der Waals surface area contributed by atoms with E-state index in [0.29, 0.717) is 6.04 Å². The van der Waals surface area contributed by atoms with Crippen LogP contribution in [0.15, 0.2) is 29.1 Å². The molecule has 5 nitrogen and oxygen atoms in total. The predicted molar refractivity (Wildman–Crippen MR) is 117 cm³/mol. The second-order valence-corrected chi connectivity index (χ2v) is 8.73. The molecule has 1 saturated carbocycles. The van der Waals surface area contributed by atoms with E-state index in [1.165, 1.54) is 43.2 Å². The summed E-state index contributed by atoms with van der Waals surface area (Å²) in [5, 5.41) is 9.64. The van der Waals surface area contributed by atoms with Crippen LogP contribution < -0.4 is 10.9 Å². The van der Waals surface area contributed by atoms with Crippen LogP contribution >= 0.6 is 0 Å². The lowest BCUT2D eigenvalue weighted by Gasteiger charge is -2.22. The first-order valence-electron chi connectivity index (χ1n) is 11.1. The average molecular weight is 391 g/mol. The van der Waals surface area contributed by atoms with Gasteiger partial charge in [-0.2, -0.15) is 5.10 Å². The first kappa shape index (κ1) is 18.6. The molecule has 2 aliphatic rings. The van der Waals surface area contributed by atoms with Crippen LogP contribution in [0.4, 0.5) is 0 Å². The first-order chi connectivity index (χ1) is 14.2. The maximum atomic E-state index is 12.5. The van der Waals surface area contributed by atoms with Crippen LogP contribution in [0.25, 0.3) is 22.3 Å². The Bertz CT molecular complexity index is 1070. The zero-order valence-electron chi connectivity index (χ0n) is 17.3. The summed E-state index contributed by atoms with van der Waals surface area (Å²) in [6, 6.07) is 9.46. The molecule has 0 aliphatic heterocycles. The summed E-state index contributed by atoms with van der Waals surface area (Å²) in [6.45, 7) is 0.927. The Balaban J connectivity index is 1.45. The molecule has 2 N–H and O–H groups in total. The number of hydrogen-bond acceptors (Lipinski definition) is 3. The quantitative estimate of drug-likeness (QED) is 0.701. The molecular weight excluding hydrogens is 360 g/mol. The lowest BCUT2D eigenvalue weighted by molar-refractivity contribution is 0.372. The predicted octanol–water partition coefficient (Wildman–Crippen LogP) is 4.23. The van der Waals surface area contributed by atoms with E-state index in [-0.39, 0.29) is 5.56 Å². The standard InChI is InChI=1S/C24H30N4O/c1-28-23-21(19-9-5-6-10-20(19)24(29)26-23)22(27-28)17-13-11-16(12-14-17)15-25-18-7-3-2-4-8-18/h11-14,18,25H,2-10,15H2,1H3,(H,26,29). The molecule has 5 rings (SSSR count). The van der Waals surface area contributed by atoms with Crippen molar-refractivity contribution in [2.24, 2.45) is 7.05 Å². The van der Waals surface area contributed by atoms with Gasteiger partial charge in [-0.1, -0.05) is 43.5 Å². The van der Waals surface area contributed by atoms with E-state index in [1.54, 1.807) is 0 Å². The normalized spacial score (nSPS) is 17.6. The van der Waals surface area contributed by atoms with Gasteiger partial charge >= 0.3 is 0 Å². The van der Waals surface area contributed by atoms with Crippen LogP contribution in [0.3, 0.4) is 0 Å². The van der Waals surface area contributed by atoms with E-state index in [4.69, 9.17) is 5.10 Å². The number of benzene rings is 1. The van der Waals surface area contributed by atoms with Gasteiger partial charge in [0.15, 0.2) is 0 Å². The van der Waals surface area contributed by atoms with Gasteiger partial charge in [0.05, 0.1) is 0 Å². The summed E-state index contributed by atoms with van der Waals surface area (Å²) in [4.78, 5) is 15.6. The molecule has 0 radical (unpaired) electrons. The van der Waals surface area contributed by atoms with Gasteiger partial charge in [-0.25, -0.2) is 0 Å². The SMILES string of the molecule is Cn1nc(-c2ccc(CNC3CCCCC3)cc2)c2c3c(c(=O)[nH]c21)CCCC3. The number of aromatic amines is 1. The number of aryl methyl sites for hydroxylation is 2. The van der Waals surface area contributed by atoms with E-state index in [9.17, 15) is 4.79 Å². The number of rotatable bonds is 4. The van der Waals surface area contributed by atoms with Gasteiger partial charge in [0.1, 0.15) is 11.3 Å². The lowest BCUT2D eigenvalue weighted by atomic mass is 9.89. The van der Waals surface area contributed by atoms with E-state index in [0.717, 1.165) is 60.1 Å². The van der Waals surface area contributed by atoms with Crippen molar-refractivity contribution in [3.8, 4) is 11.3 Å². The number of nitrogens with zero attached hydrogens (tertiary/aromatic N) is 2. The van der Waals surface area contributed by atoms with Crippen LogP contribution in [0.5, 0.6) is 0 Å². The summed E-state index contributed by atoms with van der Waals surface area (Å²) in [5.74, 6) is 0. The van der Waals surface area contributed by atoms with Crippen molar-refractivity contribution in [1.82, 2.24) is 20.1 Å². The minimum Gasteiger partial charge on any atom is -0.310 e. The summed E-state index contributed by atoms with van der Waals surface area (Å²) in [7, 11) is 1.92. The molecule has 3 aromatic rings. The van der Waals surface area contributed by atoms with E-state index in [2.05, 4.69) is 34.6 Å². The Kier molecular flexibility index (Phi) is 5.00. The van der Waals surface area contributed by atoms with Gasteiger partial charge in [0, 0.05) is 36.1 Å². The molecule has 0 amide bonds. The molecule has 152 valence electrons. The third kappa shape index (κ3) is 3.52. The monoisotopic (exact) mass is 390 g/mol. The molecule has 1 aromatic carbocycles. The molecule has 0 bridgehead atoms. The second-order valence-electron chi connectivity index (χ2n) is 8.73. The van der Waals surface area contributed by atoms with Crippen LogP contribution in [0, 0.1) is 0 Å². The van der Waals surface area contributed by atoms with Crippen LogP contribution in [0.1, 0.15) is 61.6 Å². The summed E-state index contributed by atoms with van der Waals surface area (Å²) in [5.41, 5.74) is 6.50. The molecule has 0 unspecified atom stereocenters. The minimum atomic E-state index is 0.0610. The maximum absolute atomic E-state index is 12.5. The highest BCUT2D eigenvalue weighted by molar-refractivity contribution is 5.94. The van der Waals surface area contributed by atoms with Gasteiger partial charge in [-0.05, 0) is 49.7 Å². The fourth-order valence-electron chi connectivity index (χ4n) is 5.12. The Hall–Kier alpha value is -2.40. The fraction of sp³-hybridized carbons (Fsp3) is 0.500. The number of hydrogen-bond donors (Lipinski definition) is 2.